The van der Waals surface area contributed by atoms with Gasteiger partial charge in [-0.25, -0.2) is 0 Å². The first-order valence-electron chi connectivity index (χ1n) is 7.29. The van der Waals surface area contributed by atoms with E-state index in [1.807, 2.05) is 6.92 Å². The molecule has 0 aliphatic rings. The van der Waals surface area contributed by atoms with Gasteiger partial charge in [0.05, 0.1) is 41.5 Å². The van der Waals surface area contributed by atoms with E-state index in [1.54, 1.807) is 26.2 Å². The fraction of sp³-hybridized carbons (Fsp3) is 0.250. The van der Waals surface area contributed by atoms with Crippen LogP contribution in [-0.4, -0.2) is 24.1 Å². The minimum Gasteiger partial charge on any atom is -0.496 e. The van der Waals surface area contributed by atoms with E-state index in [-0.39, 0.29) is 5.75 Å². The van der Waals surface area contributed by atoms with E-state index in [0.29, 0.717) is 16.9 Å². The van der Waals surface area contributed by atoms with Crippen LogP contribution in [0.4, 0.5) is 22.7 Å². The van der Waals surface area contributed by atoms with Crippen molar-refractivity contribution in [1.29, 1.82) is 0 Å². The molecule has 0 fully saturated rings. The lowest BCUT2D eigenvalue weighted by Gasteiger charge is -2.07. The van der Waals surface area contributed by atoms with Gasteiger partial charge in [-0.1, -0.05) is 0 Å². The Balaban J connectivity index is 0.000000273. The monoisotopic (exact) mass is 364 g/mol. The van der Waals surface area contributed by atoms with Crippen LogP contribution in [0.25, 0.3) is 0 Å². The number of methoxy groups -OCH3 is 2. The summed E-state index contributed by atoms with van der Waals surface area (Å²) in [5.41, 5.74) is 12.7. The van der Waals surface area contributed by atoms with Crippen molar-refractivity contribution in [1.82, 2.24) is 0 Å². The predicted molar refractivity (Wildman–Crippen MR) is 97.6 cm³/mol. The largest absolute Gasteiger partial charge is 0.496 e. The zero-order valence-electron chi connectivity index (χ0n) is 14.8. The van der Waals surface area contributed by atoms with Gasteiger partial charge in [0.15, 0.2) is 0 Å². The number of nitro benzene ring substituents is 2. The van der Waals surface area contributed by atoms with Crippen molar-refractivity contribution in [3.63, 3.8) is 0 Å². The molecule has 0 atom stereocenters. The summed E-state index contributed by atoms with van der Waals surface area (Å²) in [6.07, 6.45) is 0. The lowest BCUT2D eigenvalue weighted by molar-refractivity contribution is -0.422. The highest BCUT2D eigenvalue weighted by Gasteiger charge is 2.26. The van der Waals surface area contributed by atoms with Crippen LogP contribution >= 0.6 is 0 Å². The maximum Gasteiger partial charge on any atom is 0.349 e. The van der Waals surface area contributed by atoms with E-state index in [1.165, 1.54) is 7.11 Å². The van der Waals surface area contributed by atoms with E-state index < -0.39 is 21.2 Å². The zero-order valence-corrected chi connectivity index (χ0v) is 14.8. The van der Waals surface area contributed by atoms with Crippen LogP contribution in [0.15, 0.2) is 24.3 Å². The summed E-state index contributed by atoms with van der Waals surface area (Å²) in [5, 5.41) is 21.1. The number of hydrogen-bond acceptors (Lipinski definition) is 8. The van der Waals surface area contributed by atoms with Crippen molar-refractivity contribution in [2.45, 2.75) is 13.8 Å². The Morgan fingerprint density at radius 1 is 0.769 bits per heavy atom. The number of ether oxygens (including phenoxy) is 2. The molecule has 0 heterocycles. The highest BCUT2D eigenvalue weighted by atomic mass is 16.6. The average molecular weight is 364 g/mol. The van der Waals surface area contributed by atoms with E-state index in [4.69, 9.17) is 20.9 Å². The van der Waals surface area contributed by atoms with Crippen molar-refractivity contribution in [3.8, 4) is 11.5 Å². The third-order valence-corrected chi connectivity index (χ3v) is 3.49. The Hall–Kier alpha value is -3.56. The van der Waals surface area contributed by atoms with Gasteiger partial charge >= 0.3 is 11.4 Å². The second kappa shape index (κ2) is 8.51. The average Bonchev–Trinajstić information content (AvgIpc) is 2.58. The molecule has 4 N–H and O–H groups in total. The van der Waals surface area contributed by atoms with Crippen molar-refractivity contribution < 1.29 is 19.3 Å². The first-order chi connectivity index (χ1) is 12.1. The van der Waals surface area contributed by atoms with Crippen LogP contribution in [0.1, 0.15) is 11.1 Å². The molecule has 0 saturated heterocycles. The lowest BCUT2D eigenvalue weighted by Crippen LogP contribution is -1.98. The van der Waals surface area contributed by atoms with Crippen molar-refractivity contribution >= 4 is 22.7 Å². The Morgan fingerprint density at radius 2 is 1.15 bits per heavy atom. The van der Waals surface area contributed by atoms with Gasteiger partial charge in [0.2, 0.25) is 0 Å². The van der Waals surface area contributed by atoms with Gasteiger partial charge in [-0.3, -0.25) is 20.2 Å². The first kappa shape index (κ1) is 20.5. The molecule has 0 spiro atoms. The van der Waals surface area contributed by atoms with Gasteiger partial charge in [0, 0.05) is 12.1 Å². The van der Waals surface area contributed by atoms with E-state index in [2.05, 4.69) is 0 Å². The third kappa shape index (κ3) is 4.72. The fourth-order valence-corrected chi connectivity index (χ4v) is 2.12. The Bertz CT molecular complexity index is 838. The molecule has 0 unspecified atom stereocenters. The molecule has 2 aromatic carbocycles. The van der Waals surface area contributed by atoms with Gasteiger partial charge in [-0.2, -0.15) is 0 Å². The molecule has 2 aromatic rings. The van der Waals surface area contributed by atoms with Crippen LogP contribution in [0.5, 0.6) is 11.5 Å². The smallest absolute Gasteiger partial charge is 0.349 e. The SMILES string of the molecule is COc1cc(N)c(N)cc1C.COc1cc([N+](=O)[O-])c([N+](=O)[O-])cc1C. The van der Waals surface area contributed by atoms with Gasteiger partial charge in [-0.15, -0.1) is 0 Å². The molecular weight excluding hydrogens is 344 g/mol. The minimum atomic E-state index is -0.805. The topological polar surface area (TPSA) is 157 Å². The van der Waals surface area contributed by atoms with Crippen molar-refractivity contribution in [3.05, 3.63) is 55.6 Å². The molecule has 140 valence electrons. The summed E-state index contributed by atoms with van der Waals surface area (Å²) in [6, 6.07) is 5.70. The molecule has 0 radical (unpaired) electrons. The number of anilines is 2. The number of benzene rings is 2. The highest BCUT2D eigenvalue weighted by Crippen LogP contribution is 2.33. The maximum absolute atomic E-state index is 10.6. The Morgan fingerprint density at radius 3 is 1.62 bits per heavy atom. The zero-order chi connectivity index (χ0) is 20.0. The molecule has 10 nitrogen and oxygen atoms in total. The standard InChI is InChI=1S/C8H8N2O5.C8H12N2O/c1-5-3-6(9(11)12)7(10(13)14)4-8(5)15-2;1-5-3-6(9)7(10)4-8(5)11-2/h3-4H,1-2H3;3-4H,9-10H2,1-2H3. The summed E-state index contributed by atoms with van der Waals surface area (Å²) in [6.45, 7) is 3.50. The summed E-state index contributed by atoms with van der Waals surface area (Å²) >= 11 is 0. The van der Waals surface area contributed by atoms with Crippen LogP contribution in [0.2, 0.25) is 0 Å². The van der Waals surface area contributed by atoms with Gasteiger partial charge < -0.3 is 20.9 Å². The molecule has 2 rings (SSSR count). The number of rotatable bonds is 4. The first-order valence-corrected chi connectivity index (χ1v) is 7.29. The molecule has 0 amide bonds. The lowest BCUT2D eigenvalue weighted by atomic mass is 10.1. The van der Waals surface area contributed by atoms with Crippen molar-refractivity contribution in [2.75, 3.05) is 25.7 Å². The number of aryl methyl sites for hydroxylation is 2. The number of nitrogen functional groups attached to an aromatic ring is 2. The maximum atomic E-state index is 10.6. The van der Waals surface area contributed by atoms with E-state index >= 15 is 0 Å². The highest BCUT2D eigenvalue weighted by molar-refractivity contribution is 5.67. The van der Waals surface area contributed by atoms with Crippen LogP contribution in [0, 0.1) is 34.1 Å². The summed E-state index contributed by atoms with van der Waals surface area (Å²) in [7, 11) is 2.95. The second-order valence-electron chi connectivity index (χ2n) is 5.28. The molecule has 0 bridgehead atoms. The fourth-order valence-electron chi connectivity index (χ4n) is 2.12. The number of hydrogen-bond donors (Lipinski definition) is 2. The van der Waals surface area contributed by atoms with Gasteiger partial charge in [0.25, 0.3) is 0 Å². The quantitative estimate of drug-likeness (QED) is 0.476. The summed E-state index contributed by atoms with van der Waals surface area (Å²) in [4.78, 5) is 19.5. The normalized spacial score (nSPS) is 9.69. The van der Waals surface area contributed by atoms with E-state index in [0.717, 1.165) is 23.4 Å². The number of nitrogens with zero attached hydrogens (tertiary/aromatic N) is 2. The molecule has 26 heavy (non-hydrogen) atoms. The summed E-state index contributed by atoms with van der Waals surface area (Å²) < 4.78 is 9.89. The van der Waals surface area contributed by atoms with Crippen molar-refractivity contribution in [2.24, 2.45) is 0 Å². The number of nitrogens with two attached hydrogens (primary N) is 2. The van der Waals surface area contributed by atoms with Crippen LogP contribution < -0.4 is 20.9 Å². The van der Waals surface area contributed by atoms with Gasteiger partial charge in [0.1, 0.15) is 11.5 Å². The Kier molecular flexibility index (Phi) is 6.71. The third-order valence-electron chi connectivity index (χ3n) is 3.49. The van der Waals surface area contributed by atoms with Crippen LogP contribution in [0.3, 0.4) is 0 Å². The molecule has 0 aliphatic heterocycles. The van der Waals surface area contributed by atoms with Gasteiger partial charge in [-0.05, 0) is 31.0 Å². The van der Waals surface area contributed by atoms with E-state index in [9.17, 15) is 20.2 Å². The molecule has 10 heteroatoms. The minimum absolute atomic E-state index is 0.257. The molecular formula is C16H20N4O6. The molecule has 0 aliphatic carbocycles. The molecule has 0 aromatic heterocycles. The second-order valence-corrected chi connectivity index (χ2v) is 5.28. The van der Waals surface area contributed by atoms with Crippen LogP contribution in [-0.2, 0) is 0 Å². The number of nitro groups is 2. The predicted octanol–water partition coefficient (Wildman–Crippen LogP) is 2.99. The summed E-state index contributed by atoms with van der Waals surface area (Å²) in [5.74, 6) is 1.03. The molecule has 0 saturated carbocycles. The Labute approximate surface area is 149 Å².